The summed E-state index contributed by atoms with van der Waals surface area (Å²) in [5, 5.41) is 41.3. The predicted molar refractivity (Wildman–Crippen MR) is 178 cm³/mol. The summed E-state index contributed by atoms with van der Waals surface area (Å²) in [6, 6.07) is 29.7. The number of ether oxygens (including phenoxy) is 1. The lowest BCUT2D eigenvalue weighted by atomic mass is 9.91. The smallest absolute Gasteiger partial charge is 0.252 e. The highest BCUT2D eigenvalue weighted by molar-refractivity contribution is 5.85. The van der Waals surface area contributed by atoms with E-state index in [9.17, 15) is 20.1 Å². The van der Waals surface area contributed by atoms with Gasteiger partial charge in [-0.15, -0.1) is 0 Å². The molecule has 12 nitrogen and oxygen atoms in total. The fourth-order valence-corrected chi connectivity index (χ4v) is 5.91. The van der Waals surface area contributed by atoms with Crippen LogP contribution in [0.5, 0.6) is 0 Å². The van der Waals surface area contributed by atoms with Crippen molar-refractivity contribution < 1.29 is 24.9 Å². The summed E-state index contributed by atoms with van der Waals surface area (Å²) in [6.45, 7) is 2.40. The number of anilines is 2. The third-order valence-corrected chi connectivity index (χ3v) is 8.30. The van der Waals surface area contributed by atoms with E-state index < -0.39 is 36.5 Å². The molecule has 3 heterocycles. The van der Waals surface area contributed by atoms with Crippen LogP contribution < -0.4 is 16.0 Å². The zero-order valence-corrected chi connectivity index (χ0v) is 26.0. The molecule has 6 rings (SSSR count). The average molecular weight is 638 g/mol. The van der Waals surface area contributed by atoms with Gasteiger partial charge in [-0.1, -0.05) is 91.0 Å². The van der Waals surface area contributed by atoms with E-state index in [1.807, 2.05) is 66.7 Å². The molecule has 1 unspecified atom stereocenters. The minimum absolute atomic E-state index is 0.0165. The zero-order valence-electron chi connectivity index (χ0n) is 26.0. The second-order valence-electron chi connectivity index (χ2n) is 11.5. The maximum Gasteiger partial charge on any atom is 0.252 e. The number of nitrogens with one attached hydrogen (secondary N) is 3. The van der Waals surface area contributed by atoms with Crippen molar-refractivity contribution in [2.24, 2.45) is 0 Å². The van der Waals surface area contributed by atoms with Crippen LogP contribution in [-0.4, -0.2) is 84.8 Å². The molecule has 0 aliphatic carbocycles. The molecule has 3 aromatic carbocycles. The Morgan fingerprint density at radius 3 is 2.17 bits per heavy atom. The Morgan fingerprint density at radius 1 is 0.915 bits per heavy atom. The normalized spacial score (nSPS) is 19.9. The van der Waals surface area contributed by atoms with Gasteiger partial charge in [-0.05, 0) is 30.0 Å². The average Bonchev–Trinajstić information content (AvgIpc) is 3.66. The fourth-order valence-electron chi connectivity index (χ4n) is 5.91. The van der Waals surface area contributed by atoms with Crippen LogP contribution in [0.25, 0.3) is 11.2 Å². The molecule has 0 saturated carbocycles. The zero-order chi connectivity index (χ0) is 32.8. The number of aliphatic hydroxyl groups excluding tert-OH is 3. The summed E-state index contributed by atoms with van der Waals surface area (Å²) in [5.74, 6) is 0.112. The van der Waals surface area contributed by atoms with Crippen molar-refractivity contribution in [2.45, 2.75) is 49.8 Å². The molecule has 6 N–H and O–H groups in total. The predicted octanol–water partition coefficient (Wildman–Crippen LogP) is 2.84. The summed E-state index contributed by atoms with van der Waals surface area (Å²) in [6.07, 6.45) is -3.32. The minimum Gasteiger partial charge on any atom is -0.394 e. The fraction of sp³-hybridized carbons (Fsp3) is 0.314. The van der Waals surface area contributed by atoms with Crippen LogP contribution >= 0.6 is 0 Å². The number of carbonyl (C=O) groups is 1. The highest BCUT2D eigenvalue weighted by Crippen LogP contribution is 2.34. The van der Waals surface area contributed by atoms with Crippen molar-refractivity contribution in [3.05, 3.63) is 114 Å². The van der Waals surface area contributed by atoms with Crippen LogP contribution in [0.15, 0.2) is 97.3 Å². The van der Waals surface area contributed by atoms with E-state index in [1.165, 1.54) is 10.9 Å². The van der Waals surface area contributed by atoms with Gasteiger partial charge in [0.1, 0.15) is 12.2 Å². The van der Waals surface area contributed by atoms with Gasteiger partial charge in [0.25, 0.3) is 5.91 Å². The van der Waals surface area contributed by atoms with E-state index >= 15 is 0 Å². The molecular weight excluding hydrogens is 598 g/mol. The van der Waals surface area contributed by atoms with Gasteiger partial charge >= 0.3 is 0 Å². The van der Waals surface area contributed by atoms with Crippen molar-refractivity contribution in [3.63, 3.8) is 0 Å². The molecule has 0 radical (unpaired) electrons. The van der Waals surface area contributed by atoms with Crippen LogP contribution in [0, 0.1) is 0 Å². The number of carbonyl (C=O) groups excluding carboxylic acids is 1. The number of nitrogens with zero attached hydrogens (tertiary/aromatic N) is 4. The number of aliphatic hydroxyl groups is 3. The Bertz CT molecular complexity index is 1720. The molecule has 244 valence electrons. The van der Waals surface area contributed by atoms with Gasteiger partial charge in [-0.3, -0.25) is 9.36 Å². The summed E-state index contributed by atoms with van der Waals surface area (Å²) in [5.41, 5.74) is 3.99. The third kappa shape index (κ3) is 7.10. The van der Waals surface area contributed by atoms with Crippen molar-refractivity contribution >= 4 is 28.8 Å². The highest BCUT2D eigenvalue weighted by Gasteiger charge is 2.47. The topological polar surface area (TPSA) is 167 Å². The quantitative estimate of drug-likeness (QED) is 0.113. The van der Waals surface area contributed by atoms with Crippen molar-refractivity contribution in [3.8, 4) is 0 Å². The van der Waals surface area contributed by atoms with Crippen LogP contribution in [0.4, 0.5) is 11.8 Å². The second-order valence-corrected chi connectivity index (χ2v) is 11.5. The van der Waals surface area contributed by atoms with E-state index in [4.69, 9.17) is 14.7 Å². The minimum atomic E-state index is -1.46. The molecule has 1 aliphatic heterocycles. The number of aromatic nitrogens is 4. The molecule has 1 saturated heterocycles. The van der Waals surface area contributed by atoms with E-state index in [1.54, 1.807) is 6.92 Å². The number of rotatable bonds is 13. The molecule has 0 bridgehead atoms. The Balaban J connectivity index is 1.36. The summed E-state index contributed by atoms with van der Waals surface area (Å²) >= 11 is 0. The van der Waals surface area contributed by atoms with Crippen LogP contribution in [0.2, 0.25) is 0 Å². The molecule has 5 atom stereocenters. The Labute approximate surface area is 272 Å². The lowest BCUT2D eigenvalue weighted by molar-refractivity contribution is -0.137. The Morgan fingerprint density at radius 2 is 1.55 bits per heavy atom. The molecule has 47 heavy (non-hydrogen) atoms. The number of fused-ring (bicyclic) bond motifs is 1. The number of likely N-dealkylation sites (N-methyl/N-ethyl adjacent to an activating group) is 1. The number of amides is 1. The molecule has 5 aromatic rings. The van der Waals surface area contributed by atoms with Crippen LogP contribution in [0.1, 0.15) is 35.8 Å². The number of hydrogen-bond acceptors (Lipinski definition) is 10. The number of benzene rings is 3. The van der Waals surface area contributed by atoms with Crippen LogP contribution in [-0.2, 0) is 16.0 Å². The highest BCUT2D eigenvalue weighted by atomic mass is 16.6. The first-order valence-electron chi connectivity index (χ1n) is 15.8. The van der Waals surface area contributed by atoms with Crippen molar-refractivity contribution in [1.82, 2.24) is 24.8 Å². The van der Waals surface area contributed by atoms with Gasteiger partial charge < -0.3 is 36.0 Å². The lowest BCUT2D eigenvalue weighted by Gasteiger charge is -2.21. The van der Waals surface area contributed by atoms with E-state index in [2.05, 4.69) is 45.2 Å². The SMILES string of the molecule is CCNC(=O)[C@H]1O[C@H](n2cnc3c(NCC(c4ccccc4)c4ccccc4)nc(NC(CO)Cc4ccccc4)nc32)[C@H](O)[C@@H]1O. The van der Waals surface area contributed by atoms with Gasteiger partial charge in [-0.2, -0.15) is 9.97 Å². The first kappa shape index (κ1) is 32.1. The van der Waals surface area contributed by atoms with E-state index in [0.717, 1.165) is 16.7 Å². The van der Waals surface area contributed by atoms with Gasteiger partial charge in [0.15, 0.2) is 29.3 Å². The number of hydrogen-bond donors (Lipinski definition) is 6. The first-order chi connectivity index (χ1) is 23.0. The Hall–Kier alpha value is -4.88. The van der Waals surface area contributed by atoms with Crippen LogP contribution in [0.3, 0.4) is 0 Å². The van der Waals surface area contributed by atoms with Crippen molar-refractivity contribution in [1.29, 1.82) is 0 Å². The summed E-state index contributed by atoms with van der Waals surface area (Å²) in [7, 11) is 0. The summed E-state index contributed by atoms with van der Waals surface area (Å²) in [4.78, 5) is 26.7. The molecule has 1 fully saturated rings. The molecule has 1 amide bonds. The Kier molecular flexibility index (Phi) is 10.0. The summed E-state index contributed by atoms with van der Waals surface area (Å²) < 4.78 is 7.39. The number of imidazole rings is 1. The maximum absolute atomic E-state index is 12.6. The molecule has 1 aliphatic rings. The molecule has 12 heteroatoms. The largest absolute Gasteiger partial charge is 0.394 e. The molecular formula is C35H39N7O5. The monoisotopic (exact) mass is 637 g/mol. The van der Waals surface area contributed by atoms with Crippen molar-refractivity contribution in [2.75, 3.05) is 30.3 Å². The van der Waals surface area contributed by atoms with E-state index in [0.29, 0.717) is 36.5 Å². The molecule has 0 spiro atoms. The van der Waals surface area contributed by atoms with Gasteiger partial charge in [-0.25, -0.2) is 4.98 Å². The lowest BCUT2D eigenvalue weighted by Crippen LogP contribution is -2.42. The van der Waals surface area contributed by atoms with Gasteiger partial charge in [0, 0.05) is 19.0 Å². The standard InChI is InChI=1S/C35H39N7O5/c1-2-36-33(46)30-28(44)29(45)34(47-30)42-21-38-27-31(37-19-26(23-14-8-4-9-15-23)24-16-10-5-11-17-24)40-35(41-32(27)42)39-25(20-43)18-22-12-6-3-7-13-22/h3-17,21,25-26,28-30,34,43-45H,2,18-20H2,1H3,(H,36,46)(H2,37,39,40,41)/t25?,28-,29+,30-,34-/m0/s1. The van der Waals surface area contributed by atoms with Gasteiger partial charge in [0.2, 0.25) is 5.95 Å². The second kappa shape index (κ2) is 14.7. The van der Waals surface area contributed by atoms with E-state index in [-0.39, 0.29) is 18.5 Å². The van der Waals surface area contributed by atoms with Gasteiger partial charge in [0.05, 0.1) is 19.0 Å². The maximum atomic E-state index is 12.6. The molecule has 2 aromatic heterocycles. The first-order valence-corrected chi connectivity index (χ1v) is 15.8. The third-order valence-electron chi connectivity index (χ3n) is 8.30.